The van der Waals surface area contributed by atoms with Crippen LogP contribution in [0.3, 0.4) is 0 Å². The van der Waals surface area contributed by atoms with E-state index in [-0.39, 0.29) is 5.91 Å². The van der Waals surface area contributed by atoms with E-state index in [0.717, 1.165) is 34.9 Å². The highest BCUT2D eigenvalue weighted by molar-refractivity contribution is 7.13. The second-order valence-electron chi connectivity index (χ2n) is 5.89. The quantitative estimate of drug-likeness (QED) is 0.784. The molecule has 4 heterocycles. The van der Waals surface area contributed by atoms with Gasteiger partial charge < -0.3 is 10.2 Å². The third kappa shape index (κ3) is 2.84. The number of hydrogen-bond donors (Lipinski definition) is 1. The van der Waals surface area contributed by atoms with E-state index in [4.69, 9.17) is 0 Å². The maximum Gasteiger partial charge on any atom is 0.253 e. The van der Waals surface area contributed by atoms with Crippen molar-refractivity contribution in [2.45, 2.75) is 19.4 Å². The molecule has 0 bridgehead atoms. The number of anilines is 1. The number of nitrogens with zero attached hydrogens (tertiary/aromatic N) is 5. The lowest BCUT2D eigenvalue weighted by Gasteiger charge is -2.12. The number of pyridine rings is 1. The van der Waals surface area contributed by atoms with Gasteiger partial charge in [-0.2, -0.15) is 5.10 Å². The van der Waals surface area contributed by atoms with Gasteiger partial charge in [-0.3, -0.25) is 14.5 Å². The van der Waals surface area contributed by atoms with E-state index in [1.807, 2.05) is 12.4 Å². The Balaban J connectivity index is 1.42. The minimum Gasteiger partial charge on any atom is -0.348 e. The van der Waals surface area contributed by atoms with Crippen molar-refractivity contribution in [2.24, 2.45) is 7.05 Å². The maximum absolute atomic E-state index is 12.3. The number of amides is 1. The van der Waals surface area contributed by atoms with Gasteiger partial charge in [-0.15, -0.1) is 11.3 Å². The Hall–Kier alpha value is -2.48. The van der Waals surface area contributed by atoms with Crippen LogP contribution in [0.5, 0.6) is 0 Å². The van der Waals surface area contributed by atoms with E-state index in [1.165, 1.54) is 12.8 Å². The zero-order valence-electron chi connectivity index (χ0n) is 13.4. The van der Waals surface area contributed by atoms with Crippen LogP contribution in [0.1, 0.15) is 28.9 Å². The zero-order chi connectivity index (χ0) is 16.5. The van der Waals surface area contributed by atoms with E-state index >= 15 is 0 Å². The summed E-state index contributed by atoms with van der Waals surface area (Å²) >= 11 is 1.64. The van der Waals surface area contributed by atoms with Crippen molar-refractivity contribution in [3.05, 3.63) is 35.1 Å². The molecule has 0 unspecified atom stereocenters. The number of rotatable bonds is 4. The fourth-order valence-corrected chi connectivity index (χ4v) is 3.73. The molecule has 124 valence electrons. The monoisotopic (exact) mass is 342 g/mol. The number of carbonyl (C=O) groups is 1. The van der Waals surface area contributed by atoms with Crippen molar-refractivity contribution in [1.82, 2.24) is 25.1 Å². The van der Waals surface area contributed by atoms with Crippen LogP contribution in [0.15, 0.2) is 23.8 Å². The fourth-order valence-electron chi connectivity index (χ4n) is 2.85. The van der Waals surface area contributed by atoms with Gasteiger partial charge in [0.05, 0.1) is 29.5 Å². The number of fused-ring (bicyclic) bond motifs is 1. The summed E-state index contributed by atoms with van der Waals surface area (Å²) in [6.07, 6.45) is 5.73. The first-order valence-electron chi connectivity index (χ1n) is 7.96. The van der Waals surface area contributed by atoms with Gasteiger partial charge in [0.15, 0.2) is 5.13 Å². The minimum absolute atomic E-state index is 0.152. The molecule has 8 heteroatoms. The summed E-state index contributed by atoms with van der Waals surface area (Å²) in [4.78, 5) is 23.5. The van der Waals surface area contributed by atoms with Crippen LogP contribution >= 0.6 is 11.3 Å². The summed E-state index contributed by atoms with van der Waals surface area (Å²) in [6.45, 7) is 2.58. The number of carbonyl (C=O) groups excluding carboxylic acids is 1. The molecule has 1 fully saturated rings. The maximum atomic E-state index is 12.3. The van der Waals surface area contributed by atoms with E-state index in [9.17, 15) is 4.79 Å². The van der Waals surface area contributed by atoms with Crippen LogP contribution in [0.4, 0.5) is 5.13 Å². The number of hydrogen-bond acceptors (Lipinski definition) is 6. The van der Waals surface area contributed by atoms with Gasteiger partial charge in [-0.1, -0.05) is 0 Å². The first-order chi connectivity index (χ1) is 11.7. The Bertz CT molecular complexity index is 880. The molecule has 0 aliphatic carbocycles. The Morgan fingerprint density at radius 2 is 2.17 bits per heavy atom. The fraction of sp³-hybridized carbons (Fsp3) is 0.375. The lowest BCUT2D eigenvalue weighted by molar-refractivity contribution is 0.0950. The van der Waals surface area contributed by atoms with E-state index in [2.05, 4.69) is 25.3 Å². The predicted octanol–water partition coefficient (Wildman–Crippen LogP) is 1.95. The minimum atomic E-state index is -0.152. The third-order valence-electron chi connectivity index (χ3n) is 4.21. The average Bonchev–Trinajstić information content (AvgIpc) is 3.33. The molecular weight excluding hydrogens is 324 g/mol. The molecule has 7 nitrogen and oxygen atoms in total. The Labute approximate surface area is 143 Å². The number of aryl methyl sites for hydroxylation is 1. The lowest BCUT2D eigenvalue weighted by atomic mass is 10.2. The summed E-state index contributed by atoms with van der Waals surface area (Å²) in [5, 5.41) is 10.1. The molecule has 1 saturated heterocycles. The average molecular weight is 342 g/mol. The topological polar surface area (TPSA) is 75.9 Å². The first-order valence-corrected chi connectivity index (χ1v) is 8.84. The standard InChI is InChI=1S/C16H18N6OS/c1-21-14-6-11(7-17-13(14)9-19-21)15(23)18-8-12-10-24-16(20-12)22-4-2-3-5-22/h6-7,9-10H,2-5,8H2,1H3,(H,18,23). The van der Waals surface area contributed by atoms with Crippen LogP contribution < -0.4 is 10.2 Å². The van der Waals surface area contributed by atoms with Crippen molar-refractivity contribution in [2.75, 3.05) is 18.0 Å². The van der Waals surface area contributed by atoms with E-state index in [1.54, 1.807) is 34.5 Å². The van der Waals surface area contributed by atoms with Gasteiger partial charge in [-0.25, -0.2) is 4.98 Å². The molecule has 1 amide bonds. The molecule has 0 spiro atoms. The second kappa shape index (κ2) is 6.20. The van der Waals surface area contributed by atoms with Gasteiger partial charge in [-0.05, 0) is 18.9 Å². The van der Waals surface area contributed by atoms with Gasteiger partial charge >= 0.3 is 0 Å². The SMILES string of the molecule is Cn1ncc2ncc(C(=O)NCc3csc(N4CCCC4)n3)cc21. The summed E-state index contributed by atoms with van der Waals surface area (Å²) in [6, 6.07) is 1.81. The summed E-state index contributed by atoms with van der Waals surface area (Å²) in [5.41, 5.74) is 3.04. The highest BCUT2D eigenvalue weighted by Crippen LogP contribution is 2.24. The molecule has 0 saturated carbocycles. The van der Waals surface area contributed by atoms with Gasteiger partial charge in [0.1, 0.15) is 5.52 Å². The molecule has 1 N–H and O–H groups in total. The molecule has 3 aromatic heterocycles. The van der Waals surface area contributed by atoms with Crippen molar-refractivity contribution in [1.29, 1.82) is 0 Å². The molecule has 0 atom stereocenters. The second-order valence-corrected chi connectivity index (χ2v) is 6.73. The van der Waals surface area contributed by atoms with Gasteiger partial charge in [0, 0.05) is 31.7 Å². The third-order valence-corrected chi connectivity index (χ3v) is 5.16. The van der Waals surface area contributed by atoms with Gasteiger partial charge in [0.25, 0.3) is 5.91 Å². The van der Waals surface area contributed by atoms with Crippen LogP contribution in [0.25, 0.3) is 11.0 Å². The molecule has 0 radical (unpaired) electrons. The molecular formula is C16H18N6OS. The molecule has 0 aromatic carbocycles. The Morgan fingerprint density at radius 3 is 3.00 bits per heavy atom. The van der Waals surface area contributed by atoms with Crippen molar-refractivity contribution >= 4 is 33.4 Å². The number of aromatic nitrogens is 4. The molecule has 24 heavy (non-hydrogen) atoms. The van der Waals surface area contributed by atoms with Crippen LogP contribution in [-0.4, -0.2) is 38.7 Å². The van der Waals surface area contributed by atoms with Gasteiger partial charge in [0.2, 0.25) is 0 Å². The van der Waals surface area contributed by atoms with Crippen LogP contribution in [-0.2, 0) is 13.6 Å². The highest BCUT2D eigenvalue weighted by Gasteiger charge is 2.16. The van der Waals surface area contributed by atoms with Crippen molar-refractivity contribution < 1.29 is 4.79 Å². The highest BCUT2D eigenvalue weighted by atomic mass is 32.1. The Morgan fingerprint density at radius 1 is 1.33 bits per heavy atom. The van der Waals surface area contributed by atoms with E-state index in [0.29, 0.717) is 12.1 Å². The largest absolute Gasteiger partial charge is 0.348 e. The molecule has 4 rings (SSSR count). The smallest absolute Gasteiger partial charge is 0.253 e. The van der Waals surface area contributed by atoms with Crippen molar-refractivity contribution in [3.8, 4) is 0 Å². The summed E-state index contributed by atoms with van der Waals surface area (Å²) < 4.78 is 1.71. The molecule has 1 aliphatic heterocycles. The summed E-state index contributed by atoms with van der Waals surface area (Å²) in [5.74, 6) is -0.152. The number of thiazole rings is 1. The van der Waals surface area contributed by atoms with Crippen LogP contribution in [0, 0.1) is 0 Å². The van der Waals surface area contributed by atoms with Crippen molar-refractivity contribution in [3.63, 3.8) is 0 Å². The normalized spacial score (nSPS) is 14.5. The molecule has 3 aromatic rings. The van der Waals surface area contributed by atoms with E-state index < -0.39 is 0 Å². The lowest BCUT2D eigenvalue weighted by Crippen LogP contribution is -2.23. The summed E-state index contributed by atoms with van der Waals surface area (Å²) in [7, 11) is 1.83. The first kappa shape index (κ1) is 15.1. The predicted molar refractivity (Wildman–Crippen MR) is 93.2 cm³/mol. The number of nitrogens with one attached hydrogen (secondary N) is 1. The zero-order valence-corrected chi connectivity index (χ0v) is 14.2. The van der Waals surface area contributed by atoms with Crippen LogP contribution in [0.2, 0.25) is 0 Å². The molecule has 1 aliphatic rings. The Kier molecular flexibility index (Phi) is 3.89.